The predicted molar refractivity (Wildman–Crippen MR) is 93.9 cm³/mol. The van der Waals surface area contributed by atoms with Gasteiger partial charge in [0, 0.05) is 16.0 Å². The minimum Gasteiger partial charge on any atom is -0.298 e. The van der Waals surface area contributed by atoms with Crippen molar-refractivity contribution in [1.29, 1.82) is 0 Å². The van der Waals surface area contributed by atoms with E-state index in [9.17, 15) is 4.79 Å². The fourth-order valence-corrected chi connectivity index (χ4v) is 2.87. The van der Waals surface area contributed by atoms with E-state index in [1.165, 1.54) is 11.3 Å². The first-order valence-corrected chi connectivity index (χ1v) is 8.80. The topological polar surface area (TPSA) is 76.1 Å². The highest BCUT2D eigenvalue weighted by atomic mass is 35.5. The van der Waals surface area contributed by atoms with Gasteiger partial charge in [-0.1, -0.05) is 31.0 Å². The average molecular weight is 373 g/mol. The molecule has 0 saturated heterocycles. The number of hydrogen-bond acceptors (Lipinski definition) is 5. The zero-order chi connectivity index (χ0) is 17.4. The first-order valence-electron chi connectivity index (χ1n) is 6.87. The third-order valence-corrected chi connectivity index (χ3v) is 4.49. The van der Waals surface area contributed by atoms with Crippen molar-refractivity contribution in [2.45, 2.75) is 33.6 Å². The molecule has 0 atom stereocenters. The number of nitrogens with zero attached hydrogens (tertiary/aromatic N) is 1. The number of thiazole rings is 1. The fraction of sp³-hybridized carbons (Fsp3) is 0.333. The summed E-state index contributed by atoms with van der Waals surface area (Å²) in [5, 5.41) is 6.09. The summed E-state index contributed by atoms with van der Waals surface area (Å²) >= 11 is 6.88. The molecule has 0 aliphatic heterocycles. The van der Waals surface area contributed by atoms with E-state index in [-0.39, 0.29) is 5.91 Å². The number of amides is 1. The minimum atomic E-state index is -0.750. The van der Waals surface area contributed by atoms with Crippen LogP contribution in [0.25, 0.3) is 0 Å². The van der Waals surface area contributed by atoms with Crippen molar-refractivity contribution < 1.29 is 13.2 Å². The summed E-state index contributed by atoms with van der Waals surface area (Å²) in [5.74, 6) is -0.165. The molecule has 1 aromatic heterocycles. The lowest BCUT2D eigenvalue weighted by atomic mass is 10.1. The first-order chi connectivity index (χ1) is 10.9. The second-order valence-corrected chi connectivity index (χ2v) is 6.16. The summed E-state index contributed by atoms with van der Waals surface area (Å²) in [7, 11) is 0. The molecule has 0 spiro atoms. The van der Waals surface area contributed by atoms with Crippen LogP contribution >= 0.6 is 22.9 Å². The van der Waals surface area contributed by atoms with Crippen molar-refractivity contribution in [3.63, 3.8) is 0 Å². The summed E-state index contributed by atoms with van der Waals surface area (Å²) in [6.45, 7) is 5.89. The third kappa shape index (κ3) is 5.53. The highest BCUT2D eigenvalue weighted by Crippen LogP contribution is 2.24. The standard InChI is InChI=1S/C15H17ClN2OS.O2S/c1-4-5-11-8-20-15(17-11)18-14(19)12-7-6-9(2)13(16)10(12)3;1-3-2/h6-8H,4-5H2,1-3H3,(H,17,18,19);. The Morgan fingerprint density at radius 3 is 2.61 bits per heavy atom. The van der Waals surface area contributed by atoms with Crippen molar-refractivity contribution in [3.05, 3.63) is 44.9 Å². The van der Waals surface area contributed by atoms with Gasteiger partial charge in [0.25, 0.3) is 5.91 Å². The molecular weight excluding hydrogens is 356 g/mol. The maximum Gasteiger partial charge on any atom is 0.335 e. The Bertz CT molecular complexity index is 726. The van der Waals surface area contributed by atoms with E-state index < -0.39 is 11.6 Å². The molecule has 1 N–H and O–H groups in total. The summed E-state index contributed by atoms with van der Waals surface area (Å²) in [5.41, 5.74) is 3.38. The SMILES string of the molecule is CCCc1csc(NC(=O)c2ccc(C)c(Cl)c2C)n1.O=S=O. The molecule has 1 amide bonds. The van der Waals surface area contributed by atoms with Crippen LogP contribution in [0.1, 0.15) is 40.5 Å². The Kier molecular flexibility index (Phi) is 8.08. The van der Waals surface area contributed by atoms with Crippen LogP contribution in [0.4, 0.5) is 5.13 Å². The van der Waals surface area contributed by atoms with Crippen molar-refractivity contribution in [1.82, 2.24) is 4.98 Å². The molecule has 1 heterocycles. The maximum atomic E-state index is 12.3. The van der Waals surface area contributed by atoms with Crippen LogP contribution in [0, 0.1) is 13.8 Å². The van der Waals surface area contributed by atoms with Gasteiger partial charge in [0.1, 0.15) is 0 Å². The van der Waals surface area contributed by atoms with Crippen LogP contribution in [0.2, 0.25) is 5.02 Å². The molecule has 8 heteroatoms. The largest absolute Gasteiger partial charge is 0.335 e. The third-order valence-electron chi connectivity index (χ3n) is 3.10. The lowest BCUT2D eigenvalue weighted by Gasteiger charge is -2.09. The van der Waals surface area contributed by atoms with Crippen molar-refractivity contribution in [2.75, 3.05) is 5.32 Å². The predicted octanol–water partition coefficient (Wildman–Crippen LogP) is 3.95. The smallest absolute Gasteiger partial charge is 0.298 e. The maximum absolute atomic E-state index is 12.3. The van der Waals surface area contributed by atoms with Gasteiger partial charge in [-0.2, -0.15) is 8.42 Å². The van der Waals surface area contributed by atoms with Crippen LogP contribution in [0.5, 0.6) is 0 Å². The molecule has 5 nitrogen and oxygen atoms in total. The normalized spacial score (nSPS) is 9.74. The van der Waals surface area contributed by atoms with Crippen LogP contribution in [0.3, 0.4) is 0 Å². The average Bonchev–Trinajstić information content (AvgIpc) is 2.93. The van der Waals surface area contributed by atoms with Crippen LogP contribution in [-0.4, -0.2) is 19.3 Å². The molecule has 0 fully saturated rings. The molecule has 2 aromatic rings. The fourth-order valence-electron chi connectivity index (χ4n) is 1.97. The quantitative estimate of drug-likeness (QED) is 0.881. The van der Waals surface area contributed by atoms with Gasteiger partial charge in [-0.05, 0) is 37.5 Å². The van der Waals surface area contributed by atoms with Gasteiger partial charge in [-0.3, -0.25) is 10.1 Å². The molecule has 0 radical (unpaired) electrons. The van der Waals surface area contributed by atoms with Gasteiger partial charge in [0.2, 0.25) is 0 Å². The Balaban J connectivity index is 0.000000816. The molecule has 0 aliphatic rings. The van der Waals surface area contributed by atoms with Gasteiger partial charge < -0.3 is 0 Å². The Labute approximate surface area is 147 Å². The molecule has 0 saturated carbocycles. The Morgan fingerprint density at radius 2 is 2.00 bits per heavy atom. The number of carbonyl (C=O) groups excluding carboxylic acids is 1. The molecule has 0 bridgehead atoms. The number of nitrogens with one attached hydrogen (secondary N) is 1. The summed E-state index contributed by atoms with van der Waals surface area (Å²) in [4.78, 5) is 16.7. The van der Waals surface area contributed by atoms with Crippen molar-refractivity contribution >= 4 is 45.5 Å². The minimum absolute atomic E-state index is 0.165. The number of anilines is 1. The number of carbonyl (C=O) groups is 1. The highest BCUT2D eigenvalue weighted by molar-refractivity contribution is 7.51. The van der Waals surface area contributed by atoms with Gasteiger partial charge >= 0.3 is 11.6 Å². The number of aryl methyl sites for hydroxylation is 2. The number of halogens is 1. The molecule has 23 heavy (non-hydrogen) atoms. The van der Waals surface area contributed by atoms with E-state index in [1.807, 2.05) is 25.3 Å². The number of rotatable bonds is 4. The molecule has 0 aliphatic carbocycles. The van der Waals surface area contributed by atoms with Crippen LogP contribution < -0.4 is 5.32 Å². The molecular formula is C15H17ClN2O3S2. The van der Waals surface area contributed by atoms with Crippen molar-refractivity contribution in [3.8, 4) is 0 Å². The van der Waals surface area contributed by atoms with E-state index in [1.54, 1.807) is 6.07 Å². The lowest BCUT2D eigenvalue weighted by Crippen LogP contribution is -2.13. The zero-order valence-corrected chi connectivity index (χ0v) is 15.4. The number of aromatic nitrogens is 1. The highest BCUT2D eigenvalue weighted by Gasteiger charge is 2.14. The molecule has 0 unspecified atom stereocenters. The van der Waals surface area contributed by atoms with Crippen molar-refractivity contribution in [2.24, 2.45) is 0 Å². The summed E-state index contributed by atoms with van der Waals surface area (Å²) in [6, 6.07) is 3.65. The first kappa shape index (κ1) is 19.5. The van der Waals surface area contributed by atoms with Crippen LogP contribution in [0.15, 0.2) is 17.5 Å². The second-order valence-electron chi connectivity index (χ2n) is 4.79. The van der Waals surface area contributed by atoms with Gasteiger partial charge in [-0.25, -0.2) is 4.98 Å². The zero-order valence-electron chi connectivity index (χ0n) is 13.0. The van der Waals surface area contributed by atoms with E-state index >= 15 is 0 Å². The summed E-state index contributed by atoms with van der Waals surface area (Å²) < 4.78 is 16.6. The molecule has 124 valence electrons. The summed E-state index contributed by atoms with van der Waals surface area (Å²) in [6.07, 6.45) is 1.98. The Hall–Kier alpha value is -1.57. The second kappa shape index (κ2) is 9.54. The number of benzene rings is 1. The monoisotopic (exact) mass is 372 g/mol. The lowest BCUT2D eigenvalue weighted by molar-refractivity contribution is 0.102. The van der Waals surface area contributed by atoms with Gasteiger partial charge in [0.05, 0.1) is 5.69 Å². The Morgan fingerprint density at radius 1 is 1.35 bits per heavy atom. The van der Waals surface area contributed by atoms with E-state index in [0.29, 0.717) is 15.7 Å². The number of hydrogen-bond donors (Lipinski definition) is 1. The van der Waals surface area contributed by atoms with Gasteiger partial charge in [0.15, 0.2) is 5.13 Å². The van der Waals surface area contributed by atoms with Crippen LogP contribution in [-0.2, 0) is 18.0 Å². The molecule has 1 aromatic carbocycles. The van der Waals surface area contributed by atoms with E-state index in [2.05, 4.69) is 17.2 Å². The van der Waals surface area contributed by atoms with E-state index in [4.69, 9.17) is 20.0 Å². The van der Waals surface area contributed by atoms with E-state index in [0.717, 1.165) is 29.7 Å². The van der Waals surface area contributed by atoms with Gasteiger partial charge in [-0.15, -0.1) is 11.3 Å². The molecule has 2 rings (SSSR count).